The molecule has 3 aromatic rings. The van der Waals surface area contributed by atoms with E-state index in [0.717, 1.165) is 10.6 Å². The Labute approximate surface area is 193 Å². The van der Waals surface area contributed by atoms with E-state index in [0.29, 0.717) is 36.6 Å². The van der Waals surface area contributed by atoms with Gasteiger partial charge in [-0.15, -0.1) is 10.2 Å². The number of aromatic nitrogens is 2. The van der Waals surface area contributed by atoms with E-state index in [2.05, 4.69) is 20.8 Å². The van der Waals surface area contributed by atoms with Crippen LogP contribution in [0.3, 0.4) is 0 Å². The zero-order chi connectivity index (χ0) is 22.7. The van der Waals surface area contributed by atoms with Crippen molar-refractivity contribution in [3.8, 4) is 0 Å². The van der Waals surface area contributed by atoms with Crippen LogP contribution < -0.4 is 10.6 Å². The highest BCUT2D eigenvalue weighted by Gasteiger charge is 2.27. The number of nitrogens with one attached hydrogen (secondary N) is 2. The normalized spacial score (nSPS) is 14.3. The van der Waals surface area contributed by atoms with E-state index in [1.54, 1.807) is 29.2 Å². The number of carbonyl (C=O) groups is 2. The Kier molecular flexibility index (Phi) is 6.66. The Balaban J connectivity index is 1.33. The van der Waals surface area contributed by atoms with Gasteiger partial charge in [-0.1, -0.05) is 41.1 Å². The third-order valence-corrected chi connectivity index (χ3v) is 6.65. The van der Waals surface area contributed by atoms with Crippen LogP contribution in [0.2, 0.25) is 5.02 Å². The lowest BCUT2D eigenvalue weighted by atomic mass is 9.98. The number of nitrogens with zero attached hydrogens (tertiary/aromatic N) is 3. The number of hydrogen-bond acceptors (Lipinski definition) is 5. The quantitative estimate of drug-likeness (QED) is 0.538. The highest BCUT2D eigenvalue weighted by molar-refractivity contribution is 7.13. The van der Waals surface area contributed by atoms with Gasteiger partial charge in [0.05, 0.1) is 5.69 Å². The second-order valence-corrected chi connectivity index (χ2v) is 8.98. The van der Waals surface area contributed by atoms with Crippen LogP contribution in [0.15, 0.2) is 42.5 Å². The Morgan fingerprint density at radius 3 is 2.59 bits per heavy atom. The number of para-hydroxylation sites is 1. The van der Waals surface area contributed by atoms with Crippen molar-refractivity contribution in [2.75, 3.05) is 23.7 Å². The predicted molar refractivity (Wildman–Crippen MR) is 123 cm³/mol. The fraction of sp³-hybridized carbons (Fsp3) is 0.273. The summed E-state index contributed by atoms with van der Waals surface area (Å²) < 4.78 is 13.8. The maximum Gasteiger partial charge on any atom is 0.321 e. The largest absolute Gasteiger partial charge is 0.324 e. The molecule has 32 heavy (non-hydrogen) atoms. The number of hydrogen-bond donors (Lipinski definition) is 2. The molecule has 1 fully saturated rings. The monoisotopic (exact) mass is 473 g/mol. The minimum atomic E-state index is -0.510. The van der Waals surface area contributed by atoms with Crippen molar-refractivity contribution in [1.82, 2.24) is 15.1 Å². The molecule has 0 aliphatic carbocycles. The number of carbonyl (C=O) groups excluding carboxylic acids is 2. The molecule has 1 saturated heterocycles. The van der Waals surface area contributed by atoms with Crippen LogP contribution in [0, 0.1) is 12.7 Å². The van der Waals surface area contributed by atoms with Gasteiger partial charge in [-0.2, -0.15) is 0 Å². The van der Waals surface area contributed by atoms with E-state index < -0.39 is 11.7 Å². The Morgan fingerprint density at radius 2 is 1.84 bits per heavy atom. The van der Waals surface area contributed by atoms with Crippen molar-refractivity contribution in [2.45, 2.75) is 25.7 Å². The molecule has 0 bridgehead atoms. The highest BCUT2D eigenvalue weighted by atomic mass is 35.5. The molecule has 3 amide bonds. The molecule has 7 nitrogen and oxygen atoms in total. The zero-order valence-electron chi connectivity index (χ0n) is 17.3. The first-order valence-corrected chi connectivity index (χ1v) is 11.3. The summed E-state index contributed by atoms with van der Waals surface area (Å²) >= 11 is 7.22. The fourth-order valence-electron chi connectivity index (χ4n) is 3.48. The molecule has 166 valence electrons. The summed E-state index contributed by atoms with van der Waals surface area (Å²) in [7, 11) is 0. The van der Waals surface area contributed by atoms with Crippen molar-refractivity contribution in [1.29, 1.82) is 0 Å². The molecule has 2 N–H and O–H groups in total. The molecule has 1 aromatic heterocycles. The minimum absolute atomic E-state index is 0.100. The Morgan fingerprint density at radius 1 is 1.09 bits per heavy atom. The van der Waals surface area contributed by atoms with Gasteiger partial charge in [-0.3, -0.25) is 4.79 Å². The lowest BCUT2D eigenvalue weighted by Crippen LogP contribution is -2.40. The van der Waals surface area contributed by atoms with Crippen molar-refractivity contribution < 1.29 is 14.0 Å². The minimum Gasteiger partial charge on any atom is -0.324 e. The van der Waals surface area contributed by atoms with Gasteiger partial charge in [0.15, 0.2) is 0 Å². The standard InChI is InChI=1S/C22H21ClFN5O2S/c1-13-6-7-15(23)12-18(13)26-22(31)29-10-8-14(9-11-29)20-27-28-21(32-20)19(30)25-17-5-3-2-4-16(17)24/h2-7,12,14H,8-11H2,1H3,(H,25,30)(H,26,31). The number of piperidine rings is 1. The molecule has 0 radical (unpaired) electrons. The van der Waals surface area contributed by atoms with E-state index in [1.165, 1.54) is 23.5 Å². The number of anilines is 2. The number of amides is 3. The number of aryl methyl sites for hydroxylation is 1. The van der Waals surface area contributed by atoms with Gasteiger partial charge in [0.1, 0.15) is 10.8 Å². The van der Waals surface area contributed by atoms with E-state index >= 15 is 0 Å². The molecule has 0 atom stereocenters. The van der Waals surface area contributed by atoms with Crippen LogP contribution >= 0.6 is 22.9 Å². The van der Waals surface area contributed by atoms with Crippen LogP contribution in [0.5, 0.6) is 0 Å². The van der Waals surface area contributed by atoms with Gasteiger partial charge >= 0.3 is 6.03 Å². The molecular weight excluding hydrogens is 453 g/mol. The van der Waals surface area contributed by atoms with Gasteiger partial charge in [0.25, 0.3) is 5.91 Å². The van der Waals surface area contributed by atoms with Crippen LogP contribution in [0.25, 0.3) is 0 Å². The maximum atomic E-state index is 13.8. The van der Waals surface area contributed by atoms with Crippen LogP contribution in [-0.2, 0) is 0 Å². The van der Waals surface area contributed by atoms with Gasteiger partial charge in [-0.25, -0.2) is 9.18 Å². The summed E-state index contributed by atoms with van der Waals surface area (Å²) in [4.78, 5) is 26.8. The first kappa shape index (κ1) is 22.2. The Hall–Kier alpha value is -3.04. The fourth-order valence-corrected chi connectivity index (χ4v) is 4.56. The summed E-state index contributed by atoms with van der Waals surface area (Å²) in [6.45, 7) is 3.03. The highest BCUT2D eigenvalue weighted by Crippen LogP contribution is 2.31. The topological polar surface area (TPSA) is 87.2 Å². The molecule has 0 saturated carbocycles. The smallest absolute Gasteiger partial charge is 0.321 e. The second kappa shape index (κ2) is 9.62. The molecule has 4 rings (SSSR count). The summed E-state index contributed by atoms with van der Waals surface area (Å²) in [5.41, 5.74) is 1.73. The molecule has 0 unspecified atom stereocenters. The van der Waals surface area contributed by atoms with E-state index in [9.17, 15) is 14.0 Å². The first-order valence-electron chi connectivity index (χ1n) is 10.1. The Bertz CT molecular complexity index is 1150. The van der Waals surface area contributed by atoms with Gasteiger partial charge in [0, 0.05) is 29.7 Å². The molecule has 0 spiro atoms. The average Bonchev–Trinajstić information content (AvgIpc) is 3.28. The molecule has 1 aliphatic heterocycles. The summed E-state index contributed by atoms with van der Waals surface area (Å²) in [6.07, 6.45) is 1.43. The first-order chi connectivity index (χ1) is 15.4. The molecule has 2 aromatic carbocycles. The van der Waals surface area contributed by atoms with Gasteiger partial charge in [-0.05, 0) is 49.6 Å². The molecule has 10 heteroatoms. The van der Waals surface area contributed by atoms with Crippen molar-refractivity contribution in [3.63, 3.8) is 0 Å². The molecular formula is C22H21ClFN5O2S. The number of benzene rings is 2. The van der Waals surface area contributed by atoms with Crippen LogP contribution in [-0.4, -0.2) is 40.1 Å². The third-order valence-electron chi connectivity index (χ3n) is 5.33. The van der Waals surface area contributed by atoms with Crippen molar-refractivity contribution >= 4 is 46.3 Å². The predicted octanol–water partition coefficient (Wildman–Crippen LogP) is 5.30. The van der Waals surface area contributed by atoms with Crippen LogP contribution in [0.4, 0.5) is 20.6 Å². The maximum absolute atomic E-state index is 13.8. The number of rotatable bonds is 4. The van der Waals surface area contributed by atoms with Crippen molar-refractivity contribution in [2.24, 2.45) is 0 Å². The lowest BCUT2D eigenvalue weighted by Gasteiger charge is -2.31. The number of halogens is 2. The third kappa shape index (κ3) is 5.05. The average molecular weight is 474 g/mol. The molecule has 1 aliphatic rings. The van der Waals surface area contributed by atoms with Gasteiger partial charge < -0.3 is 15.5 Å². The SMILES string of the molecule is Cc1ccc(Cl)cc1NC(=O)N1CCC(c2nnc(C(=O)Nc3ccccc3F)s2)CC1. The van der Waals surface area contributed by atoms with Crippen molar-refractivity contribution in [3.05, 3.63) is 68.9 Å². The summed E-state index contributed by atoms with van der Waals surface area (Å²) in [5, 5.41) is 15.1. The van der Waals surface area contributed by atoms with E-state index in [-0.39, 0.29) is 22.6 Å². The zero-order valence-corrected chi connectivity index (χ0v) is 18.8. The summed E-state index contributed by atoms with van der Waals surface area (Å²) in [5.74, 6) is -0.892. The second-order valence-electron chi connectivity index (χ2n) is 7.53. The molecule has 2 heterocycles. The lowest BCUT2D eigenvalue weighted by molar-refractivity contribution is 0.102. The van der Waals surface area contributed by atoms with E-state index in [1.807, 2.05) is 13.0 Å². The number of urea groups is 1. The van der Waals surface area contributed by atoms with Crippen LogP contribution in [0.1, 0.15) is 39.1 Å². The number of likely N-dealkylation sites (tertiary alicyclic amines) is 1. The summed E-state index contributed by atoms with van der Waals surface area (Å²) in [6, 6.07) is 11.2. The van der Waals surface area contributed by atoms with E-state index in [4.69, 9.17) is 11.6 Å². The van der Waals surface area contributed by atoms with Gasteiger partial charge in [0.2, 0.25) is 5.01 Å².